The zero-order chi connectivity index (χ0) is 17.1. The topological polar surface area (TPSA) is 90.4 Å². The van der Waals surface area contributed by atoms with Gasteiger partial charge in [0, 0.05) is 32.2 Å². The monoisotopic (exact) mass is 335 g/mol. The van der Waals surface area contributed by atoms with Crippen LogP contribution >= 0.6 is 0 Å². The molecule has 1 aliphatic rings. The highest BCUT2D eigenvalue weighted by Crippen LogP contribution is 2.30. The minimum atomic E-state index is -0.920. The number of hydrogen-bond donors (Lipinski definition) is 3. The van der Waals surface area contributed by atoms with Crippen molar-refractivity contribution in [1.82, 2.24) is 20.2 Å². The van der Waals surface area contributed by atoms with Gasteiger partial charge in [-0.05, 0) is 6.07 Å². The molecule has 0 saturated carbocycles. The van der Waals surface area contributed by atoms with E-state index in [0.29, 0.717) is 32.2 Å². The van der Waals surface area contributed by atoms with Crippen molar-refractivity contribution in [1.29, 1.82) is 0 Å². The first-order valence-corrected chi connectivity index (χ1v) is 7.31. The first kappa shape index (κ1) is 16.1. The molecule has 0 bridgehead atoms. The van der Waals surface area contributed by atoms with Crippen molar-refractivity contribution in [3.05, 3.63) is 36.2 Å². The number of rotatable bonds is 2. The largest absolute Gasteiger partial charge is 0.506 e. The highest BCUT2D eigenvalue weighted by molar-refractivity contribution is 5.89. The van der Waals surface area contributed by atoms with Crippen molar-refractivity contribution in [2.75, 3.05) is 31.5 Å². The van der Waals surface area contributed by atoms with Crippen LogP contribution in [0.1, 0.15) is 0 Å². The van der Waals surface area contributed by atoms with E-state index in [0.717, 1.165) is 12.4 Å². The molecular formula is C15H15F2N5O2. The molecule has 3 rings (SSSR count). The normalized spacial score (nSPS) is 14.5. The van der Waals surface area contributed by atoms with Gasteiger partial charge in [-0.2, -0.15) is 0 Å². The molecule has 1 fully saturated rings. The van der Waals surface area contributed by atoms with Gasteiger partial charge in [0.15, 0.2) is 5.82 Å². The number of piperazine rings is 1. The Morgan fingerprint density at radius 1 is 1.21 bits per heavy atom. The second-order valence-electron chi connectivity index (χ2n) is 5.24. The van der Waals surface area contributed by atoms with Crippen LogP contribution in [0.25, 0.3) is 11.3 Å². The Bertz CT molecular complexity index is 766. The summed E-state index contributed by atoms with van der Waals surface area (Å²) in [5, 5.41) is 15.6. The molecule has 2 aromatic heterocycles. The zero-order valence-electron chi connectivity index (χ0n) is 12.6. The number of urea groups is 1. The summed E-state index contributed by atoms with van der Waals surface area (Å²) in [6, 6.07) is 1.62. The highest BCUT2D eigenvalue weighted by atomic mass is 19.1. The Morgan fingerprint density at radius 2 is 1.96 bits per heavy atom. The summed E-state index contributed by atoms with van der Waals surface area (Å²) < 4.78 is 26.8. The fourth-order valence-electron chi connectivity index (χ4n) is 2.38. The molecule has 0 atom stereocenters. The van der Waals surface area contributed by atoms with Crippen LogP contribution in [0.2, 0.25) is 0 Å². The van der Waals surface area contributed by atoms with Gasteiger partial charge >= 0.3 is 6.03 Å². The number of carbonyl (C=O) groups excluding carboxylic acids is 1. The van der Waals surface area contributed by atoms with Gasteiger partial charge in [-0.1, -0.05) is 0 Å². The summed E-state index contributed by atoms with van der Waals surface area (Å²) in [6.07, 6.45) is 1.92. The van der Waals surface area contributed by atoms with E-state index in [1.54, 1.807) is 4.90 Å². The molecule has 1 aliphatic heterocycles. The molecule has 3 heterocycles. The molecule has 0 spiro atoms. The second kappa shape index (κ2) is 6.75. The summed E-state index contributed by atoms with van der Waals surface area (Å²) in [7, 11) is 0. The Morgan fingerprint density at radius 3 is 2.67 bits per heavy atom. The maximum absolute atomic E-state index is 13.9. The van der Waals surface area contributed by atoms with E-state index in [4.69, 9.17) is 0 Å². The second-order valence-corrected chi connectivity index (χ2v) is 5.24. The first-order valence-electron chi connectivity index (χ1n) is 7.31. The predicted octanol–water partition coefficient (Wildman–Crippen LogP) is 1.56. The van der Waals surface area contributed by atoms with Crippen molar-refractivity contribution in [3.8, 4) is 17.0 Å². The Labute approximate surface area is 136 Å². The number of aromatic hydroxyl groups is 1. The van der Waals surface area contributed by atoms with Gasteiger partial charge in [0.2, 0.25) is 0 Å². The third kappa shape index (κ3) is 3.40. The summed E-state index contributed by atoms with van der Waals surface area (Å²) in [5.41, 5.74) is -0.216. The van der Waals surface area contributed by atoms with Crippen molar-refractivity contribution in [3.63, 3.8) is 0 Å². The molecule has 0 unspecified atom stereocenters. The molecule has 7 nitrogen and oxygen atoms in total. The van der Waals surface area contributed by atoms with Crippen molar-refractivity contribution >= 4 is 11.8 Å². The molecule has 3 N–H and O–H groups in total. The van der Waals surface area contributed by atoms with Gasteiger partial charge in [-0.15, -0.1) is 0 Å². The van der Waals surface area contributed by atoms with E-state index in [2.05, 4.69) is 20.6 Å². The summed E-state index contributed by atoms with van der Waals surface area (Å²) in [5.74, 6) is -1.93. The number of nitrogens with zero attached hydrogens (tertiary/aromatic N) is 3. The first-order chi connectivity index (χ1) is 11.5. The summed E-state index contributed by atoms with van der Waals surface area (Å²) in [6.45, 7) is 2.52. The smallest absolute Gasteiger partial charge is 0.323 e. The molecule has 2 aromatic rings. The van der Waals surface area contributed by atoms with E-state index in [1.165, 1.54) is 6.07 Å². The number of carbonyl (C=O) groups is 1. The lowest BCUT2D eigenvalue weighted by atomic mass is 10.1. The van der Waals surface area contributed by atoms with Crippen LogP contribution in [0.4, 0.5) is 19.4 Å². The van der Waals surface area contributed by atoms with Crippen LogP contribution in [-0.4, -0.2) is 52.2 Å². The van der Waals surface area contributed by atoms with Crippen LogP contribution in [-0.2, 0) is 0 Å². The Kier molecular flexibility index (Phi) is 4.52. The Hall–Kier alpha value is -2.81. The van der Waals surface area contributed by atoms with Crippen LogP contribution < -0.4 is 10.6 Å². The Balaban J connectivity index is 1.84. The third-order valence-corrected chi connectivity index (χ3v) is 3.59. The third-order valence-electron chi connectivity index (χ3n) is 3.59. The van der Waals surface area contributed by atoms with Crippen LogP contribution in [0.15, 0.2) is 24.5 Å². The van der Waals surface area contributed by atoms with Crippen molar-refractivity contribution in [2.45, 2.75) is 0 Å². The molecule has 0 aliphatic carbocycles. The molecule has 2 amide bonds. The van der Waals surface area contributed by atoms with Gasteiger partial charge in [0.05, 0.1) is 18.0 Å². The quantitative estimate of drug-likeness (QED) is 0.775. The average Bonchev–Trinajstić information content (AvgIpc) is 2.58. The lowest BCUT2D eigenvalue weighted by Gasteiger charge is -2.27. The van der Waals surface area contributed by atoms with E-state index >= 15 is 0 Å². The number of hydrogen-bond acceptors (Lipinski definition) is 5. The number of amides is 2. The van der Waals surface area contributed by atoms with Crippen molar-refractivity contribution in [2.24, 2.45) is 0 Å². The maximum atomic E-state index is 13.9. The fourth-order valence-corrected chi connectivity index (χ4v) is 2.38. The average molecular weight is 335 g/mol. The number of aromatic nitrogens is 2. The van der Waals surface area contributed by atoms with E-state index in [-0.39, 0.29) is 28.9 Å². The zero-order valence-corrected chi connectivity index (χ0v) is 12.6. The lowest BCUT2D eigenvalue weighted by Crippen LogP contribution is -2.48. The summed E-state index contributed by atoms with van der Waals surface area (Å²) >= 11 is 0. The number of nitrogens with one attached hydrogen (secondary N) is 2. The van der Waals surface area contributed by atoms with Crippen LogP contribution in [0, 0.1) is 11.6 Å². The van der Waals surface area contributed by atoms with Gasteiger partial charge in [-0.3, -0.25) is 5.32 Å². The minimum absolute atomic E-state index is 0.0121. The minimum Gasteiger partial charge on any atom is -0.506 e. The lowest BCUT2D eigenvalue weighted by molar-refractivity contribution is 0.204. The van der Waals surface area contributed by atoms with Crippen molar-refractivity contribution < 1.29 is 18.7 Å². The van der Waals surface area contributed by atoms with E-state index < -0.39 is 11.6 Å². The molecule has 24 heavy (non-hydrogen) atoms. The molecule has 126 valence electrons. The summed E-state index contributed by atoms with van der Waals surface area (Å²) in [4.78, 5) is 21.3. The highest BCUT2D eigenvalue weighted by Gasteiger charge is 2.18. The van der Waals surface area contributed by atoms with Gasteiger partial charge in [0.25, 0.3) is 0 Å². The fraction of sp³-hybridized carbons (Fsp3) is 0.267. The number of halogens is 2. The molecule has 0 radical (unpaired) electrons. The van der Waals surface area contributed by atoms with Gasteiger partial charge in [-0.25, -0.2) is 23.5 Å². The molecule has 9 heteroatoms. The van der Waals surface area contributed by atoms with Crippen LogP contribution in [0.5, 0.6) is 5.75 Å². The standard InChI is InChI=1S/C15H15F2N5O2/c16-9-5-11(17)14(20-7-9)10-6-13(19-8-12(10)23)21-15(24)22-3-1-18-2-4-22/h5-8,18,23H,1-4H2,(H,19,21,24). The molecule has 1 saturated heterocycles. The SMILES string of the molecule is O=C(Nc1cc(-c2ncc(F)cc2F)c(O)cn1)N1CCNCC1. The molecular weight excluding hydrogens is 320 g/mol. The van der Waals surface area contributed by atoms with Gasteiger partial charge in [0.1, 0.15) is 23.1 Å². The molecule has 0 aromatic carbocycles. The number of anilines is 1. The predicted molar refractivity (Wildman–Crippen MR) is 82.5 cm³/mol. The van der Waals surface area contributed by atoms with Gasteiger partial charge < -0.3 is 15.3 Å². The maximum Gasteiger partial charge on any atom is 0.323 e. The van der Waals surface area contributed by atoms with E-state index in [1.807, 2.05) is 0 Å². The van der Waals surface area contributed by atoms with Crippen LogP contribution in [0.3, 0.4) is 0 Å². The van der Waals surface area contributed by atoms with E-state index in [9.17, 15) is 18.7 Å². The number of pyridine rings is 2.